The Hall–Kier alpha value is -4.10. The highest BCUT2D eigenvalue weighted by Crippen LogP contribution is 2.30. The molecule has 0 unspecified atom stereocenters. The van der Waals surface area contributed by atoms with Crippen LogP contribution in [-0.4, -0.2) is 30.1 Å². The van der Waals surface area contributed by atoms with Crippen LogP contribution in [0.15, 0.2) is 89.7 Å². The molecular formula is C30H32N6O. The van der Waals surface area contributed by atoms with Crippen molar-refractivity contribution < 1.29 is 0 Å². The molecule has 188 valence electrons. The summed E-state index contributed by atoms with van der Waals surface area (Å²) >= 11 is 0. The van der Waals surface area contributed by atoms with Crippen LogP contribution in [-0.2, 0) is 19.6 Å². The maximum Gasteiger partial charge on any atom is 0.252 e. The van der Waals surface area contributed by atoms with E-state index in [0.717, 1.165) is 33.4 Å². The molecule has 0 spiro atoms. The van der Waals surface area contributed by atoms with Gasteiger partial charge in [-0.3, -0.25) is 9.69 Å². The van der Waals surface area contributed by atoms with E-state index in [9.17, 15) is 4.79 Å². The van der Waals surface area contributed by atoms with E-state index in [1.165, 1.54) is 5.56 Å². The SMILES string of the molecule is Cc1ccc2[nH]c(=O)c(CN(Cc3ccccc3)[C@H](c3nnnn3Cc3ccccc3)C(C)C)cc2c1. The summed E-state index contributed by atoms with van der Waals surface area (Å²) in [4.78, 5) is 18.6. The number of aryl methyl sites for hydroxylation is 1. The molecule has 1 N–H and O–H groups in total. The summed E-state index contributed by atoms with van der Waals surface area (Å²) in [5.74, 6) is 0.994. The van der Waals surface area contributed by atoms with Gasteiger partial charge in [-0.05, 0) is 58.0 Å². The molecule has 0 bridgehead atoms. The largest absolute Gasteiger partial charge is 0.322 e. The average Bonchev–Trinajstić information content (AvgIpc) is 3.33. The molecule has 1 atom stereocenters. The fraction of sp³-hybridized carbons (Fsp3) is 0.267. The van der Waals surface area contributed by atoms with Crippen molar-refractivity contribution in [3.63, 3.8) is 0 Å². The lowest BCUT2D eigenvalue weighted by Gasteiger charge is -2.33. The number of nitrogens with one attached hydrogen (secondary N) is 1. The van der Waals surface area contributed by atoms with Crippen molar-refractivity contribution in [3.05, 3.63) is 123 Å². The molecule has 0 saturated heterocycles. The lowest BCUT2D eigenvalue weighted by atomic mass is 9.99. The van der Waals surface area contributed by atoms with Crippen molar-refractivity contribution in [3.8, 4) is 0 Å². The Balaban J connectivity index is 1.55. The van der Waals surface area contributed by atoms with Gasteiger partial charge in [-0.1, -0.05) is 86.1 Å². The Morgan fingerprint density at radius 3 is 2.30 bits per heavy atom. The van der Waals surface area contributed by atoms with E-state index in [1.807, 2.05) is 59.3 Å². The van der Waals surface area contributed by atoms with Gasteiger partial charge in [-0.15, -0.1) is 5.10 Å². The molecule has 0 amide bonds. The summed E-state index contributed by atoms with van der Waals surface area (Å²) in [6.45, 7) is 8.13. The minimum atomic E-state index is -0.105. The monoisotopic (exact) mass is 492 g/mol. The molecule has 0 saturated carbocycles. The molecular weight excluding hydrogens is 460 g/mol. The Labute approximate surface area is 216 Å². The van der Waals surface area contributed by atoms with Gasteiger partial charge in [0.15, 0.2) is 5.82 Å². The summed E-state index contributed by atoms with van der Waals surface area (Å²) in [5.41, 5.74) is 4.97. The molecule has 0 radical (unpaired) electrons. The zero-order valence-corrected chi connectivity index (χ0v) is 21.5. The van der Waals surface area contributed by atoms with Gasteiger partial charge in [0.2, 0.25) is 0 Å². The minimum absolute atomic E-state index is 0.0687. The van der Waals surface area contributed by atoms with Crippen LogP contribution < -0.4 is 5.56 Å². The second-order valence-corrected chi connectivity index (χ2v) is 9.97. The van der Waals surface area contributed by atoms with Crippen LogP contribution in [0.25, 0.3) is 10.9 Å². The van der Waals surface area contributed by atoms with Crippen LogP contribution in [0.2, 0.25) is 0 Å². The molecule has 5 aromatic rings. The summed E-state index contributed by atoms with van der Waals surface area (Å²) in [5, 5.41) is 13.9. The number of pyridine rings is 1. The zero-order valence-electron chi connectivity index (χ0n) is 21.5. The number of rotatable bonds is 9. The van der Waals surface area contributed by atoms with Crippen LogP contribution in [0.1, 0.15) is 48.0 Å². The second kappa shape index (κ2) is 10.9. The van der Waals surface area contributed by atoms with Crippen molar-refractivity contribution in [1.29, 1.82) is 0 Å². The van der Waals surface area contributed by atoms with Crippen LogP contribution in [0.5, 0.6) is 0 Å². The predicted molar refractivity (Wildman–Crippen MR) is 146 cm³/mol. The zero-order chi connectivity index (χ0) is 25.8. The Kier molecular flexibility index (Phi) is 7.23. The first-order chi connectivity index (χ1) is 18.0. The smallest absolute Gasteiger partial charge is 0.252 e. The number of H-pyrrole nitrogens is 1. The molecule has 0 aliphatic carbocycles. The van der Waals surface area contributed by atoms with E-state index < -0.39 is 0 Å². The summed E-state index contributed by atoms with van der Waals surface area (Å²) < 4.78 is 1.88. The van der Waals surface area contributed by atoms with E-state index >= 15 is 0 Å². The van der Waals surface area contributed by atoms with Gasteiger partial charge < -0.3 is 4.98 Å². The van der Waals surface area contributed by atoms with Crippen molar-refractivity contribution in [2.24, 2.45) is 5.92 Å². The predicted octanol–water partition coefficient (Wildman–Crippen LogP) is 5.27. The average molecular weight is 493 g/mol. The molecule has 7 nitrogen and oxygen atoms in total. The lowest BCUT2D eigenvalue weighted by molar-refractivity contribution is 0.126. The summed E-state index contributed by atoms with van der Waals surface area (Å²) in [6.07, 6.45) is 0. The fourth-order valence-electron chi connectivity index (χ4n) is 4.95. The van der Waals surface area contributed by atoms with Gasteiger partial charge in [0.25, 0.3) is 5.56 Å². The number of aromatic amines is 1. The van der Waals surface area contributed by atoms with Gasteiger partial charge in [0, 0.05) is 24.2 Å². The lowest BCUT2D eigenvalue weighted by Crippen LogP contribution is -2.35. The number of benzene rings is 3. The van der Waals surface area contributed by atoms with Crippen molar-refractivity contribution in [2.75, 3.05) is 0 Å². The molecule has 0 aliphatic rings. The molecule has 0 aliphatic heterocycles. The Morgan fingerprint density at radius 1 is 0.892 bits per heavy atom. The van der Waals surface area contributed by atoms with Gasteiger partial charge in [0.1, 0.15) is 0 Å². The first-order valence-corrected chi connectivity index (χ1v) is 12.7. The Morgan fingerprint density at radius 2 is 1.59 bits per heavy atom. The topological polar surface area (TPSA) is 79.7 Å². The van der Waals surface area contributed by atoms with Gasteiger partial charge in [-0.25, -0.2) is 4.68 Å². The molecule has 7 heteroatoms. The van der Waals surface area contributed by atoms with E-state index in [-0.39, 0.29) is 17.5 Å². The van der Waals surface area contributed by atoms with Crippen LogP contribution in [0, 0.1) is 12.8 Å². The maximum atomic E-state index is 13.2. The number of nitrogens with zero attached hydrogens (tertiary/aromatic N) is 5. The third kappa shape index (κ3) is 5.67. The summed E-state index contributed by atoms with van der Waals surface area (Å²) in [7, 11) is 0. The first kappa shape index (κ1) is 24.6. The number of fused-ring (bicyclic) bond motifs is 1. The third-order valence-electron chi connectivity index (χ3n) is 6.70. The molecule has 5 rings (SSSR count). The highest BCUT2D eigenvalue weighted by atomic mass is 16.1. The molecule has 2 heterocycles. The van der Waals surface area contributed by atoms with Crippen LogP contribution >= 0.6 is 0 Å². The standard InChI is InChI=1S/C30H32N6O/c1-21(2)28(29-32-33-34-36(29)19-24-12-8-5-9-13-24)35(18-23-10-6-4-7-11-23)20-26-17-25-16-22(3)14-15-27(25)31-30(26)37/h4-17,21,28H,18-20H2,1-3H3,(H,31,37)/t28-/m0/s1. The molecule has 3 aromatic carbocycles. The van der Waals surface area contributed by atoms with Crippen LogP contribution in [0.3, 0.4) is 0 Å². The van der Waals surface area contributed by atoms with Crippen molar-refractivity contribution in [2.45, 2.75) is 46.4 Å². The number of aromatic nitrogens is 5. The van der Waals surface area contributed by atoms with Gasteiger partial charge in [-0.2, -0.15) is 0 Å². The minimum Gasteiger partial charge on any atom is -0.322 e. The van der Waals surface area contributed by atoms with E-state index in [1.54, 1.807) is 0 Å². The van der Waals surface area contributed by atoms with Crippen LogP contribution in [0.4, 0.5) is 0 Å². The second-order valence-electron chi connectivity index (χ2n) is 9.97. The highest BCUT2D eigenvalue weighted by Gasteiger charge is 2.30. The van der Waals surface area contributed by atoms with E-state index in [2.05, 4.69) is 76.5 Å². The van der Waals surface area contributed by atoms with Gasteiger partial charge >= 0.3 is 0 Å². The molecule has 37 heavy (non-hydrogen) atoms. The van der Waals surface area contributed by atoms with E-state index in [4.69, 9.17) is 0 Å². The number of hydrogen-bond donors (Lipinski definition) is 1. The molecule has 2 aromatic heterocycles. The van der Waals surface area contributed by atoms with Crippen molar-refractivity contribution in [1.82, 2.24) is 30.1 Å². The third-order valence-corrected chi connectivity index (χ3v) is 6.70. The number of hydrogen-bond acceptors (Lipinski definition) is 5. The quantitative estimate of drug-likeness (QED) is 0.303. The van der Waals surface area contributed by atoms with Gasteiger partial charge in [0.05, 0.1) is 12.6 Å². The fourth-order valence-corrected chi connectivity index (χ4v) is 4.95. The Bertz CT molecular complexity index is 1520. The van der Waals surface area contributed by atoms with E-state index in [0.29, 0.717) is 19.6 Å². The molecule has 0 fully saturated rings. The highest BCUT2D eigenvalue weighted by molar-refractivity contribution is 5.79. The number of tetrazole rings is 1. The summed E-state index contributed by atoms with van der Waals surface area (Å²) in [6, 6.07) is 28.5. The first-order valence-electron chi connectivity index (χ1n) is 12.7. The van der Waals surface area contributed by atoms with Crippen molar-refractivity contribution >= 4 is 10.9 Å². The normalized spacial score (nSPS) is 12.5. The maximum absolute atomic E-state index is 13.2.